The van der Waals surface area contributed by atoms with E-state index >= 15 is 0 Å². The van der Waals surface area contributed by atoms with Crippen LogP contribution in [0.4, 0.5) is 17.5 Å². The highest BCUT2D eigenvalue weighted by atomic mass is 15.1. The highest BCUT2D eigenvalue weighted by molar-refractivity contribution is 5.55. The van der Waals surface area contributed by atoms with Crippen LogP contribution in [-0.2, 0) is 0 Å². The molecule has 1 heterocycles. The summed E-state index contributed by atoms with van der Waals surface area (Å²) < 4.78 is 0. The smallest absolute Gasteiger partial charge is 0.229 e. The fourth-order valence-corrected chi connectivity index (χ4v) is 1.25. The zero-order valence-corrected chi connectivity index (χ0v) is 8.96. The Labute approximate surface area is 98.5 Å². The van der Waals surface area contributed by atoms with Crippen LogP contribution in [0.2, 0.25) is 0 Å². The standard InChI is InChI=1S/C12H9N5/c1-14-11-6-7-15-12(17-11)16-10-4-2-9(8-13)3-5-10/h2-7H,1H2,(H,15,16,17). The first-order chi connectivity index (χ1) is 8.31. The zero-order chi connectivity index (χ0) is 12.1. The Bertz CT molecular complexity index is 568. The maximum absolute atomic E-state index is 8.67. The first-order valence-electron chi connectivity index (χ1n) is 4.89. The summed E-state index contributed by atoms with van der Waals surface area (Å²) in [4.78, 5) is 11.9. The number of nitrogens with one attached hydrogen (secondary N) is 1. The minimum Gasteiger partial charge on any atom is -0.324 e. The second-order valence-electron chi connectivity index (χ2n) is 3.21. The van der Waals surface area contributed by atoms with Gasteiger partial charge in [-0.3, -0.25) is 0 Å². The molecule has 0 atom stereocenters. The third-order valence-electron chi connectivity index (χ3n) is 2.07. The van der Waals surface area contributed by atoms with Gasteiger partial charge in [0.1, 0.15) is 0 Å². The third-order valence-corrected chi connectivity index (χ3v) is 2.07. The van der Waals surface area contributed by atoms with E-state index in [1.807, 2.05) is 0 Å². The van der Waals surface area contributed by atoms with Gasteiger partial charge in [0, 0.05) is 18.0 Å². The number of hydrogen-bond acceptors (Lipinski definition) is 5. The SMILES string of the molecule is C=Nc1ccnc(Nc2ccc(C#N)cc2)n1. The molecular weight excluding hydrogens is 214 g/mol. The van der Waals surface area contributed by atoms with Crippen molar-refractivity contribution in [3.05, 3.63) is 42.1 Å². The van der Waals surface area contributed by atoms with Crippen molar-refractivity contribution in [1.29, 1.82) is 5.26 Å². The zero-order valence-electron chi connectivity index (χ0n) is 8.96. The van der Waals surface area contributed by atoms with Crippen LogP contribution in [0.3, 0.4) is 0 Å². The molecule has 82 valence electrons. The molecule has 5 heteroatoms. The third kappa shape index (κ3) is 2.63. The number of rotatable bonds is 3. The van der Waals surface area contributed by atoms with Crippen LogP contribution in [0.15, 0.2) is 41.5 Å². The van der Waals surface area contributed by atoms with E-state index in [0.29, 0.717) is 17.3 Å². The molecule has 2 aromatic rings. The van der Waals surface area contributed by atoms with Crippen LogP contribution in [0.25, 0.3) is 0 Å². The molecule has 1 aromatic carbocycles. The maximum Gasteiger partial charge on any atom is 0.229 e. The van der Waals surface area contributed by atoms with E-state index in [0.717, 1.165) is 5.69 Å². The van der Waals surface area contributed by atoms with Crippen molar-refractivity contribution in [3.63, 3.8) is 0 Å². The van der Waals surface area contributed by atoms with E-state index in [-0.39, 0.29) is 0 Å². The lowest BCUT2D eigenvalue weighted by Crippen LogP contribution is -1.95. The second-order valence-corrected chi connectivity index (χ2v) is 3.21. The number of anilines is 2. The van der Waals surface area contributed by atoms with Gasteiger partial charge < -0.3 is 5.32 Å². The van der Waals surface area contributed by atoms with E-state index in [9.17, 15) is 0 Å². The van der Waals surface area contributed by atoms with Gasteiger partial charge in [-0.25, -0.2) is 9.98 Å². The van der Waals surface area contributed by atoms with Crippen molar-refractivity contribution in [2.75, 3.05) is 5.32 Å². The Morgan fingerprint density at radius 1 is 1.24 bits per heavy atom. The van der Waals surface area contributed by atoms with Crippen molar-refractivity contribution >= 4 is 24.2 Å². The van der Waals surface area contributed by atoms with E-state index in [1.165, 1.54) is 0 Å². The average Bonchev–Trinajstić information content (AvgIpc) is 2.40. The molecule has 0 fully saturated rings. The minimum absolute atomic E-state index is 0.444. The van der Waals surface area contributed by atoms with E-state index < -0.39 is 0 Å². The van der Waals surface area contributed by atoms with Crippen molar-refractivity contribution < 1.29 is 0 Å². The van der Waals surface area contributed by atoms with E-state index in [4.69, 9.17) is 5.26 Å². The molecule has 0 unspecified atom stereocenters. The number of benzene rings is 1. The lowest BCUT2D eigenvalue weighted by Gasteiger charge is -2.04. The Kier molecular flexibility index (Phi) is 3.08. The summed E-state index contributed by atoms with van der Waals surface area (Å²) in [6, 6.07) is 10.7. The van der Waals surface area contributed by atoms with Gasteiger partial charge in [-0.1, -0.05) is 0 Å². The fourth-order valence-electron chi connectivity index (χ4n) is 1.25. The monoisotopic (exact) mass is 223 g/mol. The Morgan fingerprint density at radius 2 is 2.00 bits per heavy atom. The number of aromatic nitrogens is 2. The summed E-state index contributed by atoms with van der Waals surface area (Å²) in [5, 5.41) is 11.7. The first kappa shape index (κ1) is 10.8. The molecule has 0 radical (unpaired) electrons. The molecule has 5 nitrogen and oxygen atoms in total. The van der Waals surface area contributed by atoms with Crippen molar-refractivity contribution in [1.82, 2.24) is 9.97 Å². The van der Waals surface area contributed by atoms with Gasteiger partial charge in [0.05, 0.1) is 11.6 Å². The fraction of sp³-hybridized carbons (Fsp3) is 0. The predicted octanol–water partition coefficient (Wildman–Crippen LogP) is 2.42. The Hall–Kier alpha value is -2.74. The van der Waals surface area contributed by atoms with Crippen LogP contribution in [0.1, 0.15) is 5.56 Å². The molecule has 0 amide bonds. The second kappa shape index (κ2) is 4.86. The predicted molar refractivity (Wildman–Crippen MR) is 65.7 cm³/mol. The highest BCUT2D eigenvalue weighted by Gasteiger charge is 1.98. The summed E-state index contributed by atoms with van der Waals surface area (Å²) in [5.74, 6) is 0.954. The molecule has 0 aliphatic heterocycles. The van der Waals surface area contributed by atoms with Crippen molar-refractivity contribution in [2.24, 2.45) is 4.99 Å². The minimum atomic E-state index is 0.444. The highest BCUT2D eigenvalue weighted by Crippen LogP contribution is 2.15. The van der Waals surface area contributed by atoms with Crippen LogP contribution in [0.5, 0.6) is 0 Å². The van der Waals surface area contributed by atoms with Crippen LogP contribution >= 0.6 is 0 Å². The van der Waals surface area contributed by atoms with Gasteiger partial charge in [-0.15, -0.1) is 0 Å². The topological polar surface area (TPSA) is 74.0 Å². The lowest BCUT2D eigenvalue weighted by atomic mass is 10.2. The number of nitriles is 1. The van der Waals surface area contributed by atoms with Crippen LogP contribution in [-0.4, -0.2) is 16.7 Å². The molecule has 1 aromatic heterocycles. The molecule has 0 spiro atoms. The Morgan fingerprint density at radius 3 is 2.65 bits per heavy atom. The first-order valence-corrected chi connectivity index (χ1v) is 4.89. The molecule has 0 bridgehead atoms. The summed E-state index contributed by atoms with van der Waals surface area (Å²) in [6.07, 6.45) is 1.60. The number of hydrogen-bond donors (Lipinski definition) is 1. The van der Waals surface area contributed by atoms with Crippen molar-refractivity contribution in [3.8, 4) is 6.07 Å². The molecule has 17 heavy (non-hydrogen) atoms. The molecule has 1 N–H and O–H groups in total. The van der Waals surface area contributed by atoms with Gasteiger partial charge >= 0.3 is 0 Å². The molecule has 0 saturated heterocycles. The van der Waals surface area contributed by atoms with Gasteiger partial charge in [0.25, 0.3) is 0 Å². The van der Waals surface area contributed by atoms with Crippen LogP contribution < -0.4 is 5.32 Å². The molecule has 0 aliphatic carbocycles. The van der Waals surface area contributed by atoms with E-state index in [1.54, 1.807) is 36.5 Å². The summed E-state index contributed by atoms with van der Waals surface area (Å²) in [7, 11) is 0. The van der Waals surface area contributed by atoms with Gasteiger partial charge in [0.15, 0.2) is 5.82 Å². The van der Waals surface area contributed by atoms with Crippen LogP contribution in [0, 0.1) is 11.3 Å². The number of aliphatic imine (C=N–C) groups is 1. The number of nitrogens with zero attached hydrogens (tertiary/aromatic N) is 4. The molecular formula is C12H9N5. The summed E-state index contributed by atoms with van der Waals surface area (Å²) in [6.45, 7) is 3.40. The van der Waals surface area contributed by atoms with Crippen molar-refractivity contribution in [2.45, 2.75) is 0 Å². The van der Waals surface area contributed by atoms with E-state index in [2.05, 4.69) is 33.1 Å². The van der Waals surface area contributed by atoms with Gasteiger partial charge in [0.2, 0.25) is 5.95 Å². The molecule has 0 saturated carbocycles. The largest absolute Gasteiger partial charge is 0.324 e. The van der Waals surface area contributed by atoms with Gasteiger partial charge in [-0.05, 0) is 31.0 Å². The van der Waals surface area contributed by atoms with Gasteiger partial charge in [-0.2, -0.15) is 10.2 Å². The lowest BCUT2D eigenvalue weighted by molar-refractivity contribution is 1.15. The molecule has 2 rings (SSSR count). The normalized spacial score (nSPS) is 9.35. The molecule has 0 aliphatic rings. The summed E-state index contributed by atoms with van der Waals surface area (Å²) >= 11 is 0. The maximum atomic E-state index is 8.67. The summed E-state index contributed by atoms with van der Waals surface area (Å²) in [5.41, 5.74) is 1.42. The average molecular weight is 223 g/mol. The Balaban J connectivity index is 2.19. The quantitative estimate of drug-likeness (QED) is 0.811.